The number of ether oxygens (including phenoxy) is 1. The lowest BCUT2D eigenvalue weighted by atomic mass is 9.57. The SMILES string of the molecule is CCCCC[C@H]1CC[C@](c2ccc(OC(F)(F)C(F)F)cc2)(C2CCCCC2)CC1. The molecular weight excluding hydrogens is 392 g/mol. The molecule has 2 aliphatic rings. The maximum Gasteiger partial charge on any atom is 0.461 e. The fourth-order valence-electron chi connectivity index (χ4n) is 5.81. The first-order chi connectivity index (χ1) is 14.4. The molecule has 0 radical (unpaired) electrons. The lowest BCUT2D eigenvalue weighted by Gasteiger charge is -2.48. The van der Waals surface area contributed by atoms with E-state index in [1.54, 1.807) is 0 Å². The average Bonchev–Trinajstić information content (AvgIpc) is 2.75. The van der Waals surface area contributed by atoms with Gasteiger partial charge in [0.05, 0.1) is 0 Å². The van der Waals surface area contributed by atoms with E-state index in [4.69, 9.17) is 0 Å². The second-order valence-electron chi connectivity index (χ2n) is 9.42. The normalized spacial score (nSPS) is 26.1. The van der Waals surface area contributed by atoms with E-state index in [1.165, 1.54) is 88.3 Å². The average molecular weight is 429 g/mol. The second-order valence-corrected chi connectivity index (χ2v) is 9.42. The van der Waals surface area contributed by atoms with Crippen molar-refractivity contribution in [1.29, 1.82) is 0 Å². The molecule has 2 fully saturated rings. The molecular formula is C25H36F4O. The minimum absolute atomic E-state index is 0.0887. The number of halogens is 4. The summed E-state index contributed by atoms with van der Waals surface area (Å²) in [6.45, 7) is 2.24. The van der Waals surface area contributed by atoms with Crippen molar-refractivity contribution in [3.05, 3.63) is 29.8 Å². The predicted molar refractivity (Wildman–Crippen MR) is 112 cm³/mol. The molecule has 2 saturated carbocycles. The fraction of sp³-hybridized carbons (Fsp3) is 0.760. The number of rotatable bonds is 9. The van der Waals surface area contributed by atoms with Crippen LogP contribution < -0.4 is 4.74 Å². The summed E-state index contributed by atoms with van der Waals surface area (Å²) in [4.78, 5) is 0. The van der Waals surface area contributed by atoms with Gasteiger partial charge in [0.2, 0.25) is 0 Å². The maximum absolute atomic E-state index is 13.3. The van der Waals surface area contributed by atoms with Crippen molar-refractivity contribution in [3.63, 3.8) is 0 Å². The van der Waals surface area contributed by atoms with Crippen LogP contribution in [0.25, 0.3) is 0 Å². The van der Waals surface area contributed by atoms with Gasteiger partial charge in [-0.3, -0.25) is 0 Å². The van der Waals surface area contributed by atoms with Crippen LogP contribution >= 0.6 is 0 Å². The Morgan fingerprint density at radius 1 is 0.967 bits per heavy atom. The van der Waals surface area contributed by atoms with Crippen molar-refractivity contribution in [2.75, 3.05) is 0 Å². The van der Waals surface area contributed by atoms with E-state index in [0.29, 0.717) is 5.92 Å². The molecule has 170 valence electrons. The Balaban J connectivity index is 1.75. The molecule has 0 N–H and O–H groups in total. The lowest BCUT2D eigenvalue weighted by Crippen LogP contribution is -2.40. The lowest BCUT2D eigenvalue weighted by molar-refractivity contribution is -0.253. The monoisotopic (exact) mass is 428 g/mol. The minimum atomic E-state index is -4.46. The van der Waals surface area contributed by atoms with Crippen LogP contribution in [0.3, 0.4) is 0 Å². The van der Waals surface area contributed by atoms with Gasteiger partial charge in [0.25, 0.3) is 0 Å². The number of alkyl halides is 4. The third kappa shape index (κ3) is 5.50. The smallest absolute Gasteiger partial charge is 0.428 e. The molecule has 3 rings (SSSR count). The van der Waals surface area contributed by atoms with Crippen molar-refractivity contribution >= 4 is 0 Å². The van der Waals surface area contributed by atoms with E-state index < -0.39 is 12.5 Å². The van der Waals surface area contributed by atoms with Gasteiger partial charge in [-0.2, -0.15) is 17.6 Å². The second kappa shape index (κ2) is 10.4. The van der Waals surface area contributed by atoms with Crippen LogP contribution in [0.4, 0.5) is 17.6 Å². The summed E-state index contributed by atoms with van der Waals surface area (Å²) in [6.07, 6.45) is 7.86. The molecule has 2 aliphatic carbocycles. The van der Waals surface area contributed by atoms with E-state index in [9.17, 15) is 17.6 Å². The van der Waals surface area contributed by atoms with Crippen molar-refractivity contribution in [1.82, 2.24) is 0 Å². The van der Waals surface area contributed by atoms with E-state index in [2.05, 4.69) is 11.7 Å². The molecule has 0 atom stereocenters. The Bertz CT molecular complexity index is 629. The highest BCUT2D eigenvalue weighted by atomic mass is 19.3. The zero-order valence-electron chi connectivity index (χ0n) is 18.2. The largest absolute Gasteiger partial charge is 0.461 e. The van der Waals surface area contributed by atoms with Gasteiger partial charge in [-0.1, -0.05) is 64.0 Å². The van der Waals surface area contributed by atoms with Gasteiger partial charge in [-0.05, 0) is 73.5 Å². The Morgan fingerprint density at radius 3 is 2.17 bits per heavy atom. The Labute approximate surface area is 178 Å². The van der Waals surface area contributed by atoms with Gasteiger partial charge in [0, 0.05) is 0 Å². The summed E-state index contributed by atoms with van der Waals surface area (Å²) < 4.78 is 55.7. The Morgan fingerprint density at radius 2 is 1.60 bits per heavy atom. The minimum Gasteiger partial charge on any atom is -0.428 e. The zero-order valence-corrected chi connectivity index (χ0v) is 18.2. The quantitative estimate of drug-likeness (QED) is 0.283. The summed E-state index contributed by atoms with van der Waals surface area (Å²) in [5.74, 6) is 1.22. The number of hydrogen-bond donors (Lipinski definition) is 0. The van der Waals surface area contributed by atoms with Gasteiger partial charge in [0.1, 0.15) is 5.75 Å². The molecule has 0 heterocycles. The first kappa shape index (κ1) is 23.4. The molecule has 0 bridgehead atoms. The summed E-state index contributed by atoms with van der Waals surface area (Å²) in [5, 5.41) is 0. The first-order valence-electron chi connectivity index (χ1n) is 11.8. The third-order valence-corrected chi connectivity index (χ3v) is 7.54. The fourth-order valence-corrected chi connectivity index (χ4v) is 5.81. The third-order valence-electron chi connectivity index (χ3n) is 7.54. The summed E-state index contributed by atoms with van der Waals surface area (Å²) in [5.41, 5.74) is 1.26. The van der Waals surface area contributed by atoms with Crippen LogP contribution in [-0.4, -0.2) is 12.5 Å². The van der Waals surface area contributed by atoms with Crippen molar-refractivity contribution in [2.45, 2.75) is 108 Å². The maximum atomic E-state index is 13.3. The van der Waals surface area contributed by atoms with Crippen LogP contribution in [0, 0.1) is 11.8 Å². The Hall–Kier alpha value is -1.26. The highest BCUT2D eigenvalue weighted by Gasteiger charge is 2.45. The van der Waals surface area contributed by atoms with Crippen molar-refractivity contribution in [2.24, 2.45) is 11.8 Å². The van der Waals surface area contributed by atoms with E-state index in [0.717, 1.165) is 18.8 Å². The molecule has 1 aromatic rings. The molecule has 30 heavy (non-hydrogen) atoms. The van der Waals surface area contributed by atoms with E-state index >= 15 is 0 Å². The van der Waals surface area contributed by atoms with Crippen molar-refractivity contribution < 1.29 is 22.3 Å². The standard InChI is InChI=1S/C25H36F4O/c1-2-3-5-8-19-15-17-24(18-16-19,20-9-6-4-7-10-20)21-11-13-22(14-12-21)30-25(28,29)23(26)27/h11-14,19-20,23H,2-10,15-18H2,1H3/t19-,24+. The topological polar surface area (TPSA) is 9.23 Å². The van der Waals surface area contributed by atoms with E-state index in [1.807, 2.05) is 12.1 Å². The van der Waals surface area contributed by atoms with Gasteiger partial charge in [0.15, 0.2) is 0 Å². The zero-order chi connectivity index (χ0) is 21.6. The molecule has 5 heteroatoms. The number of unbranched alkanes of at least 4 members (excludes halogenated alkanes) is 2. The van der Waals surface area contributed by atoms with Crippen LogP contribution in [0.5, 0.6) is 5.75 Å². The molecule has 0 aromatic heterocycles. The van der Waals surface area contributed by atoms with Crippen LogP contribution in [0.1, 0.15) is 96.0 Å². The van der Waals surface area contributed by atoms with Gasteiger partial charge in [-0.15, -0.1) is 0 Å². The Kier molecular flexibility index (Phi) is 8.09. The predicted octanol–water partition coefficient (Wildman–Crippen LogP) is 8.51. The molecule has 0 aliphatic heterocycles. The first-order valence-corrected chi connectivity index (χ1v) is 11.8. The molecule has 0 saturated heterocycles. The summed E-state index contributed by atoms with van der Waals surface area (Å²) in [7, 11) is 0. The summed E-state index contributed by atoms with van der Waals surface area (Å²) >= 11 is 0. The number of benzene rings is 1. The van der Waals surface area contributed by atoms with Crippen LogP contribution in [0.2, 0.25) is 0 Å². The highest BCUT2D eigenvalue weighted by molar-refractivity contribution is 5.34. The molecule has 0 amide bonds. The van der Waals surface area contributed by atoms with E-state index in [-0.39, 0.29) is 11.2 Å². The highest BCUT2D eigenvalue weighted by Crippen LogP contribution is 2.52. The summed E-state index contributed by atoms with van der Waals surface area (Å²) in [6, 6.07) is 6.60. The van der Waals surface area contributed by atoms with Gasteiger partial charge >= 0.3 is 12.5 Å². The van der Waals surface area contributed by atoms with Crippen LogP contribution in [-0.2, 0) is 5.41 Å². The molecule has 0 spiro atoms. The molecule has 1 nitrogen and oxygen atoms in total. The van der Waals surface area contributed by atoms with Crippen molar-refractivity contribution in [3.8, 4) is 5.75 Å². The molecule has 1 aromatic carbocycles. The number of hydrogen-bond acceptors (Lipinski definition) is 1. The molecule has 0 unspecified atom stereocenters. The van der Waals surface area contributed by atoms with Crippen LogP contribution in [0.15, 0.2) is 24.3 Å². The van der Waals surface area contributed by atoms with Gasteiger partial charge < -0.3 is 4.74 Å². The van der Waals surface area contributed by atoms with Gasteiger partial charge in [-0.25, -0.2) is 0 Å².